The van der Waals surface area contributed by atoms with Crippen molar-refractivity contribution in [2.24, 2.45) is 5.73 Å². The summed E-state index contributed by atoms with van der Waals surface area (Å²) in [5.74, 6) is 4.88. The van der Waals surface area contributed by atoms with Gasteiger partial charge in [-0.2, -0.15) is 0 Å². The number of benzene rings is 1. The molecular weight excluding hydrogens is 292 g/mol. The summed E-state index contributed by atoms with van der Waals surface area (Å²) in [6.45, 7) is 0.195. The SMILES string of the molecule is COC(=O)CCCS(=O)(=O)Nc1ccccc1C#CCN. The number of carbonyl (C=O) groups is 1. The van der Waals surface area contributed by atoms with Crippen LogP contribution in [0.2, 0.25) is 0 Å². The summed E-state index contributed by atoms with van der Waals surface area (Å²) in [5, 5.41) is 0. The Bertz CT molecular complexity index is 644. The second kappa shape index (κ2) is 8.29. The quantitative estimate of drug-likeness (QED) is 0.595. The van der Waals surface area contributed by atoms with Crippen LogP contribution < -0.4 is 10.5 Å². The summed E-state index contributed by atoms with van der Waals surface area (Å²) in [5.41, 5.74) is 6.26. The van der Waals surface area contributed by atoms with Crippen molar-refractivity contribution in [2.75, 3.05) is 24.1 Å². The zero-order valence-corrected chi connectivity index (χ0v) is 12.6. The minimum absolute atomic E-state index is 0.0615. The molecule has 0 amide bonds. The number of sulfonamides is 1. The lowest BCUT2D eigenvalue weighted by Gasteiger charge is -2.09. The zero-order chi connectivity index (χ0) is 15.7. The van der Waals surface area contributed by atoms with Crippen LogP contribution in [0.3, 0.4) is 0 Å². The van der Waals surface area contributed by atoms with Gasteiger partial charge in [-0.25, -0.2) is 8.42 Å². The van der Waals surface area contributed by atoms with Crippen LogP contribution in [0, 0.1) is 11.8 Å². The Morgan fingerprint density at radius 2 is 2.10 bits per heavy atom. The van der Waals surface area contributed by atoms with Crippen LogP contribution in [-0.4, -0.2) is 33.8 Å². The normalized spacial score (nSPS) is 10.4. The Balaban J connectivity index is 2.73. The first kappa shape index (κ1) is 17.0. The maximum atomic E-state index is 12.0. The Morgan fingerprint density at radius 1 is 1.38 bits per heavy atom. The molecule has 0 aliphatic carbocycles. The summed E-state index contributed by atoms with van der Waals surface area (Å²) in [4.78, 5) is 11.0. The van der Waals surface area contributed by atoms with Crippen LogP contribution >= 0.6 is 0 Å². The standard InChI is InChI=1S/C14H18N2O4S/c1-20-14(17)9-5-11-21(18,19)16-13-8-3-2-6-12(13)7-4-10-15/h2-3,6,8,16H,5,9-11,15H2,1H3. The number of rotatable bonds is 6. The zero-order valence-electron chi connectivity index (χ0n) is 11.8. The van der Waals surface area contributed by atoms with Gasteiger partial charge in [0.1, 0.15) is 0 Å². The van der Waals surface area contributed by atoms with Crippen molar-refractivity contribution in [3.63, 3.8) is 0 Å². The van der Waals surface area contributed by atoms with Crippen LogP contribution in [-0.2, 0) is 19.6 Å². The first-order valence-corrected chi connectivity index (χ1v) is 7.99. The topological polar surface area (TPSA) is 98.5 Å². The highest BCUT2D eigenvalue weighted by Crippen LogP contribution is 2.16. The van der Waals surface area contributed by atoms with Gasteiger partial charge in [-0.3, -0.25) is 9.52 Å². The molecule has 6 nitrogen and oxygen atoms in total. The minimum Gasteiger partial charge on any atom is -0.469 e. The number of esters is 1. The lowest BCUT2D eigenvalue weighted by atomic mass is 10.2. The third-order valence-electron chi connectivity index (χ3n) is 2.54. The van der Waals surface area contributed by atoms with E-state index in [9.17, 15) is 13.2 Å². The molecule has 0 aliphatic heterocycles. The van der Waals surface area contributed by atoms with E-state index in [-0.39, 0.29) is 25.1 Å². The van der Waals surface area contributed by atoms with Crippen molar-refractivity contribution in [1.82, 2.24) is 0 Å². The number of para-hydroxylation sites is 1. The Kier molecular flexibility index (Phi) is 6.72. The van der Waals surface area contributed by atoms with Gasteiger partial charge in [0, 0.05) is 12.0 Å². The molecule has 3 N–H and O–H groups in total. The molecule has 0 fully saturated rings. The van der Waals surface area contributed by atoms with E-state index in [0.29, 0.717) is 11.3 Å². The van der Waals surface area contributed by atoms with Gasteiger partial charge in [0.05, 0.1) is 25.1 Å². The van der Waals surface area contributed by atoms with Gasteiger partial charge in [-0.05, 0) is 18.6 Å². The van der Waals surface area contributed by atoms with Gasteiger partial charge >= 0.3 is 5.97 Å². The number of hydrogen-bond acceptors (Lipinski definition) is 5. The highest BCUT2D eigenvalue weighted by Gasteiger charge is 2.13. The van der Waals surface area contributed by atoms with Gasteiger partial charge in [-0.1, -0.05) is 24.0 Å². The molecule has 0 aliphatic rings. The predicted octanol–water partition coefficient (Wildman–Crippen LogP) is 0.692. The smallest absolute Gasteiger partial charge is 0.305 e. The van der Waals surface area contributed by atoms with Gasteiger partial charge in [0.25, 0.3) is 0 Å². The molecule has 0 spiro atoms. The fourth-order valence-corrected chi connectivity index (χ4v) is 2.69. The lowest BCUT2D eigenvalue weighted by Crippen LogP contribution is -2.18. The van der Waals surface area contributed by atoms with Gasteiger partial charge < -0.3 is 10.5 Å². The van der Waals surface area contributed by atoms with Crippen LogP contribution in [0.15, 0.2) is 24.3 Å². The van der Waals surface area contributed by atoms with Crippen molar-refractivity contribution in [2.45, 2.75) is 12.8 Å². The summed E-state index contributed by atoms with van der Waals surface area (Å²) in [6.07, 6.45) is 0.255. The molecular formula is C14H18N2O4S. The van der Waals surface area contributed by atoms with Gasteiger partial charge in [-0.15, -0.1) is 0 Å². The first-order valence-electron chi connectivity index (χ1n) is 6.34. The number of methoxy groups -OCH3 is 1. The van der Waals surface area contributed by atoms with E-state index in [1.165, 1.54) is 7.11 Å². The van der Waals surface area contributed by atoms with E-state index >= 15 is 0 Å². The number of nitrogens with one attached hydrogen (secondary N) is 1. The summed E-state index contributed by atoms with van der Waals surface area (Å²) >= 11 is 0. The number of nitrogens with two attached hydrogens (primary N) is 1. The molecule has 1 aromatic rings. The number of hydrogen-bond donors (Lipinski definition) is 2. The maximum Gasteiger partial charge on any atom is 0.305 e. The third-order valence-corrected chi connectivity index (χ3v) is 3.90. The monoisotopic (exact) mass is 310 g/mol. The molecule has 1 rings (SSSR count). The largest absolute Gasteiger partial charge is 0.469 e. The van der Waals surface area contributed by atoms with Crippen molar-refractivity contribution in [3.8, 4) is 11.8 Å². The molecule has 21 heavy (non-hydrogen) atoms. The average molecular weight is 310 g/mol. The second-order valence-electron chi connectivity index (χ2n) is 4.15. The average Bonchev–Trinajstić information content (AvgIpc) is 2.45. The molecule has 0 saturated carbocycles. The molecule has 1 aromatic carbocycles. The van der Waals surface area contributed by atoms with E-state index in [1.54, 1.807) is 24.3 Å². The predicted molar refractivity (Wildman–Crippen MR) is 81.0 cm³/mol. The molecule has 0 aromatic heterocycles. The van der Waals surface area contributed by atoms with Crippen molar-refractivity contribution in [1.29, 1.82) is 0 Å². The van der Waals surface area contributed by atoms with Crippen molar-refractivity contribution in [3.05, 3.63) is 29.8 Å². The molecule has 0 heterocycles. The Morgan fingerprint density at radius 3 is 2.76 bits per heavy atom. The summed E-state index contributed by atoms with van der Waals surface area (Å²) in [6, 6.07) is 6.79. The van der Waals surface area contributed by atoms with E-state index in [4.69, 9.17) is 5.73 Å². The number of ether oxygens (including phenoxy) is 1. The first-order chi connectivity index (χ1) is 9.98. The fraction of sp³-hybridized carbons (Fsp3) is 0.357. The molecule has 114 valence electrons. The highest BCUT2D eigenvalue weighted by atomic mass is 32.2. The van der Waals surface area contributed by atoms with E-state index in [1.807, 2.05) is 0 Å². The number of anilines is 1. The Labute approximate surface area is 124 Å². The maximum absolute atomic E-state index is 12.0. The fourth-order valence-electron chi connectivity index (χ4n) is 1.55. The van der Waals surface area contributed by atoms with Crippen LogP contribution in [0.25, 0.3) is 0 Å². The van der Waals surface area contributed by atoms with Gasteiger partial charge in [0.2, 0.25) is 10.0 Å². The van der Waals surface area contributed by atoms with Crippen molar-refractivity contribution < 1.29 is 17.9 Å². The number of carbonyl (C=O) groups excluding carboxylic acids is 1. The summed E-state index contributed by atoms with van der Waals surface area (Å²) in [7, 11) is -2.28. The van der Waals surface area contributed by atoms with E-state index < -0.39 is 16.0 Å². The molecule has 0 saturated heterocycles. The lowest BCUT2D eigenvalue weighted by molar-refractivity contribution is -0.140. The molecule has 0 atom stereocenters. The van der Waals surface area contributed by atoms with E-state index in [2.05, 4.69) is 21.3 Å². The van der Waals surface area contributed by atoms with E-state index in [0.717, 1.165) is 0 Å². The molecule has 0 bridgehead atoms. The molecule has 0 unspecified atom stereocenters. The van der Waals surface area contributed by atoms with Crippen LogP contribution in [0.5, 0.6) is 0 Å². The summed E-state index contributed by atoms with van der Waals surface area (Å²) < 4.78 is 30.8. The highest BCUT2D eigenvalue weighted by molar-refractivity contribution is 7.92. The van der Waals surface area contributed by atoms with Crippen molar-refractivity contribution >= 4 is 21.7 Å². The second-order valence-corrected chi connectivity index (χ2v) is 5.99. The minimum atomic E-state index is -3.54. The molecule has 7 heteroatoms. The van der Waals surface area contributed by atoms with Crippen LogP contribution in [0.1, 0.15) is 18.4 Å². The third kappa shape index (κ3) is 6.29. The Hall–Kier alpha value is -2.04. The van der Waals surface area contributed by atoms with Crippen LogP contribution in [0.4, 0.5) is 5.69 Å². The van der Waals surface area contributed by atoms with Gasteiger partial charge in [0.15, 0.2) is 0 Å². The molecule has 0 radical (unpaired) electrons.